The third kappa shape index (κ3) is 2.30. The summed E-state index contributed by atoms with van der Waals surface area (Å²) in [4.78, 5) is 4.94. The molecule has 0 N–H and O–H groups in total. The van der Waals surface area contributed by atoms with Crippen LogP contribution < -0.4 is 5.19 Å². The van der Waals surface area contributed by atoms with Gasteiger partial charge in [-0.1, -0.05) is 85.5 Å². The molecule has 0 amide bonds. The highest BCUT2D eigenvalue weighted by atomic mass is 28.3. The monoisotopic (exact) mass is 425 g/mol. The van der Waals surface area contributed by atoms with Crippen LogP contribution >= 0.6 is 0 Å². The number of fused-ring (bicyclic) bond motifs is 7. The molecule has 6 aromatic carbocycles. The molecule has 0 aliphatic rings. The van der Waals surface area contributed by atoms with Crippen molar-refractivity contribution in [3.8, 4) is 0 Å². The standard InChI is InChI=1S/C30H23NSi/c1-32(2,3)20-11-12-21-24-13-14-31-30-27-16-19-8-5-4-7-18(19)15-25(27)22-9-6-10-23(26(21)17-20)28(22)29(24)30/h4-17H,1-3H3. The van der Waals surface area contributed by atoms with Crippen molar-refractivity contribution in [1.29, 1.82) is 0 Å². The number of pyridine rings is 1. The van der Waals surface area contributed by atoms with Crippen molar-refractivity contribution in [1.82, 2.24) is 4.98 Å². The van der Waals surface area contributed by atoms with Gasteiger partial charge in [0.25, 0.3) is 0 Å². The quantitative estimate of drug-likeness (QED) is 0.148. The van der Waals surface area contributed by atoms with Gasteiger partial charge in [-0.3, -0.25) is 4.98 Å². The molecule has 0 unspecified atom stereocenters. The molecule has 0 radical (unpaired) electrons. The Labute approximate surface area is 187 Å². The molecule has 7 rings (SSSR count). The van der Waals surface area contributed by atoms with Gasteiger partial charge in [-0.05, 0) is 61.3 Å². The number of benzene rings is 6. The molecule has 0 aliphatic heterocycles. The number of hydrogen-bond acceptors (Lipinski definition) is 1. The van der Waals surface area contributed by atoms with Crippen LogP contribution in [0, 0.1) is 0 Å². The Bertz CT molecular complexity index is 1860. The van der Waals surface area contributed by atoms with Gasteiger partial charge >= 0.3 is 0 Å². The van der Waals surface area contributed by atoms with E-state index in [0.29, 0.717) is 0 Å². The predicted molar refractivity (Wildman–Crippen MR) is 143 cm³/mol. The van der Waals surface area contributed by atoms with Crippen LogP contribution in [-0.4, -0.2) is 13.1 Å². The largest absolute Gasteiger partial charge is 0.256 e. The summed E-state index contributed by atoms with van der Waals surface area (Å²) in [6.07, 6.45) is 1.99. The van der Waals surface area contributed by atoms with Crippen LogP contribution in [0.1, 0.15) is 0 Å². The molecular weight excluding hydrogens is 402 g/mol. The summed E-state index contributed by atoms with van der Waals surface area (Å²) in [5.41, 5.74) is 1.11. The van der Waals surface area contributed by atoms with E-state index in [1.165, 1.54) is 64.4 Å². The molecule has 0 bridgehead atoms. The normalized spacial score (nSPS) is 12.8. The highest BCUT2D eigenvalue weighted by Crippen LogP contribution is 2.44. The van der Waals surface area contributed by atoms with E-state index in [1.807, 2.05) is 6.20 Å². The lowest BCUT2D eigenvalue weighted by Gasteiger charge is -2.20. The van der Waals surface area contributed by atoms with Crippen LogP contribution in [0.15, 0.2) is 85.1 Å². The molecule has 0 saturated heterocycles. The Morgan fingerprint density at radius 2 is 1.19 bits per heavy atom. The van der Waals surface area contributed by atoms with Gasteiger partial charge in [0.15, 0.2) is 0 Å². The second-order valence-electron chi connectivity index (χ2n) is 10.1. The van der Waals surface area contributed by atoms with E-state index in [9.17, 15) is 0 Å². The maximum Gasteiger partial charge on any atom is 0.0793 e. The second kappa shape index (κ2) is 6.05. The van der Waals surface area contributed by atoms with Gasteiger partial charge in [0.1, 0.15) is 0 Å². The molecule has 2 heteroatoms. The van der Waals surface area contributed by atoms with Crippen LogP contribution in [-0.2, 0) is 0 Å². The molecule has 0 atom stereocenters. The molecule has 1 aromatic heterocycles. The minimum atomic E-state index is -1.42. The zero-order valence-corrected chi connectivity index (χ0v) is 19.5. The summed E-state index contributed by atoms with van der Waals surface area (Å²) in [5.74, 6) is 0. The van der Waals surface area contributed by atoms with Crippen LogP contribution in [0.3, 0.4) is 0 Å². The molecule has 152 valence electrons. The first-order chi connectivity index (χ1) is 15.5. The molecule has 1 nitrogen and oxygen atoms in total. The van der Waals surface area contributed by atoms with Crippen molar-refractivity contribution in [2.24, 2.45) is 0 Å². The van der Waals surface area contributed by atoms with Crippen molar-refractivity contribution in [3.05, 3.63) is 85.1 Å². The molecule has 0 spiro atoms. The van der Waals surface area contributed by atoms with Crippen LogP contribution in [0.25, 0.3) is 64.8 Å². The van der Waals surface area contributed by atoms with Gasteiger partial charge in [0.05, 0.1) is 13.6 Å². The fourth-order valence-electron chi connectivity index (χ4n) is 5.54. The SMILES string of the molecule is C[Si](C)(C)c1ccc2c(c1)c1cccc3c4cc5ccccc5cc4c4nccc2c4c13. The fraction of sp³-hybridized carbons (Fsp3) is 0.100. The minimum absolute atomic E-state index is 1.11. The summed E-state index contributed by atoms with van der Waals surface area (Å²) in [5, 5.41) is 15.9. The number of rotatable bonds is 1. The highest BCUT2D eigenvalue weighted by molar-refractivity contribution is 6.88. The Kier molecular flexibility index (Phi) is 3.43. The van der Waals surface area contributed by atoms with Crippen LogP contribution in [0.2, 0.25) is 19.6 Å². The maximum absolute atomic E-state index is 4.94. The Hall–Kier alpha value is -3.49. The van der Waals surface area contributed by atoms with Gasteiger partial charge in [-0.25, -0.2) is 0 Å². The number of nitrogens with zero attached hydrogens (tertiary/aromatic N) is 1. The van der Waals surface area contributed by atoms with Gasteiger partial charge in [-0.15, -0.1) is 0 Å². The van der Waals surface area contributed by atoms with Gasteiger partial charge in [0, 0.05) is 22.4 Å². The third-order valence-corrected chi connectivity index (χ3v) is 9.21. The van der Waals surface area contributed by atoms with Crippen LogP contribution in [0.5, 0.6) is 0 Å². The molecule has 0 fully saturated rings. The number of hydrogen-bond donors (Lipinski definition) is 0. The lowest BCUT2D eigenvalue weighted by Crippen LogP contribution is -2.37. The van der Waals surface area contributed by atoms with E-state index in [-0.39, 0.29) is 0 Å². The van der Waals surface area contributed by atoms with Gasteiger partial charge < -0.3 is 0 Å². The third-order valence-electron chi connectivity index (χ3n) is 7.16. The smallest absolute Gasteiger partial charge is 0.0793 e. The van der Waals surface area contributed by atoms with Gasteiger partial charge in [0.2, 0.25) is 0 Å². The van der Waals surface area contributed by atoms with E-state index in [2.05, 4.69) is 98.5 Å². The molecular formula is C30H23NSi. The van der Waals surface area contributed by atoms with Crippen molar-refractivity contribution in [2.75, 3.05) is 0 Å². The first-order valence-corrected chi connectivity index (χ1v) is 14.8. The zero-order valence-electron chi connectivity index (χ0n) is 18.5. The Morgan fingerprint density at radius 3 is 1.91 bits per heavy atom. The number of aromatic nitrogens is 1. The lowest BCUT2D eigenvalue weighted by atomic mass is 9.87. The molecule has 1 heterocycles. The lowest BCUT2D eigenvalue weighted by molar-refractivity contribution is 1.45. The minimum Gasteiger partial charge on any atom is -0.256 e. The summed E-state index contributed by atoms with van der Waals surface area (Å²) < 4.78 is 0. The highest BCUT2D eigenvalue weighted by Gasteiger charge is 2.21. The predicted octanol–water partition coefficient (Wildman–Crippen LogP) is 7.98. The first kappa shape index (κ1) is 18.1. The summed E-state index contributed by atoms with van der Waals surface area (Å²) in [7, 11) is -1.42. The Balaban J connectivity index is 1.81. The maximum atomic E-state index is 4.94. The summed E-state index contributed by atoms with van der Waals surface area (Å²) in [6, 6.07) is 29.5. The Morgan fingerprint density at radius 1 is 0.531 bits per heavy atom. The average Bonchev–Trinajstić information content (AvgIpc) is 2.81. The molecule has 32 heavy (non-hydrogen) atoms. The second-order valence-corrected chi connectivity index (χ2v) is 15.1. The summed E-state index contributed by atoms with van der Waals surface area (Å²) in [6.45, 7) is 7.28. The molecule has 0 aliphatic carbocycles. The fourth-order valence-corrected chi connectivity index (χ4v) is 6.70. The van der Waals surface area contributed by atoms with Gasteiger partial charge in [-0.2, -0.15) is 0 Å². The van der Waals surface area contributed by atoms with Crippen molar-refractivity contribution < 1.29 is 0 Å². The topological polar surface area (TPSA) is 12.9 Å². The average molecular weight is 426 g/mol. The van der Waals surface area contributed by atoms with E-state index in [1.54, 1.807) is 0 Å². The zero-order chi connectivity index (χ0) is 21.6. The van der Waals surface area contributed by atoms with E-state index in [4.69, 9.17) is 4.98 Å². The summed E-state index contributed by atoms with van der Waals surface area (Å²) >= 11 is 0. The van der Waals surface area contributed by atoms with Crippen molar-refractivity contribution in [2.45, 2.75) is 19.6 Å². The van der Waals surface area contributed by atoms with Crippen molar-refractivity contribution in [3.63, 3.8) is 0 Å². The molecule has 0 saturated carbocycles. The molecule has 7 aromatic rings. The first-order valence-electron chi connectivity index (χ1n) is 11.3. The van der Waals surface area contributed by atoms with E-state index < -0.39 is 8.07 Å². The van der Waals surface area contributed by atoms with Crippen molar-refractivity contribution >= 4 is 78.0 Å². The van der Waals surface area contributed by atoms with E-state index >= 15 is 0 Å². The van der Waals surface area contributed by atoms with Crippen LogP contribution in [0.4, 0.5) is 0 Å². The van der Waals surface area contributed by atoms with E-state index in [0.717, 1.165) is 5.52 Å².